The van der Waals surface area contributed by atoms with Crippen molar-refractivity contribution >= 4 is 22.7 Å². The van der Waals surface area contributed by atoms with E-state index >= 15 is 0 Å². The predicted molar refractivity (Wildman–Crippen MR) is 134 cm³/mol. The van der Waals surface area contributed by atoms with E-state index < -0.39 is 0 Å². The van der Waals surface area contributed by atoms with Crippen molar-refractivity contribution in [2.75, 3.05) is 0 Å². The van der Waals surface area contributed by atoms with Crippen LogP contribution in [0.4, 0.5) is 22.7 Å². The summed E-state index contributed by atoms with van der Waals surface area (Å²) in [6.07, 6.45) is 0. The van der Waals surface area contributed by atoms with Crippen LogP contribution in [0.25, 0.3) is 0 Å². The number of azo groups is 2. The van der Waals surface area contributed by atoms with Gasteiger partial charge in [-0.15, -0.1) is 0 Å². The van der Waals surface area contributed by atoms with Crippen LogP contribution in [0.5, 0.6) is 0 Å². The Labute approximate surface area is 203 Å². The summed E-state index contributed by atoms with van der Waals surface area (Å²) in [5.74, 6) is 0. The first-order valence-corrected chi connectivity index (χ1v) is 10.9. The van der Waals surface area contributed by atoms with Gasteiger partial charge in [-0.1, -0.05) is 24.3 Å². The Balaban J connectivity index is 1.24. The molecule has 0 aliphatic carbocycles. The molecular formula is C28H21N7. The largest absolute Gasteiger partial charge is 0.309 e. The summed E-state index contributed by atoms with van der Waals surface area (Å²) >= 11 is 0. The SMILES string of the molecule is N#Cc1ccc(N=Nc2ccc(CNCc3ccc(N=Nc4ccc(C#N)cc4)cc3)cc2)cc1. The highest BCUT2D eigenvalue weighted by Gasteiger charge is 1.98. The molecule has 0 aliphatic heterocycles. The van der Waals surface area contributed by atoms with Crippen LogP contribution in [-0.2, 0) is 13.1 Å². The highest BCUT2D eigenvalue weighted by molar-refractivity contribution is 5.45. The van der Waals surface area contributed by atoms with E-state index in [1.165, 1.54) is 0 Å². The van der Waals surface area contributed by atoms with Gasteiger partial charge in [-0.2, -0.15) is 31.0 Å². The normalized spacial score (nSPS) is 10.9. The van der Waals surface area contributed by atoms with Gasteiger partial charge in [0.2, 0.25) is 0 Å². The second kappa shape index (κ2) is 11.8. The summed E-state index contributed by atoms with van der Waals surface area (Å²) < 4.78 is 0. The molecule has 0 aromatic heterocycles. The van der Waals surface area contributed by atoms with Crippen LogP contribution >= 0.6 is 0 Å². The van der Waals surface area contributed by atoms with E-state index in [1.54, 1.807) is 48.5 Å². The third-order valence-electron chi connectivity index (χ3n) is 5.09. The first-order chi connectivity index (χ1) is 17.2. The maximum atomic E-state index is 8.84. The number of nitriles is 2. The van der Waals surface area contributed by atoms with Crippen molar-refractivity contribution in [3.8, 4) is 12.1 Å². The van der Waals surface area contributed by atoms with E-state index in [-0.39, 0.29) is 0 Å². The highest BCUT2D eigenvalue weighted by atomic mass is 15.1. The maximum absolute atomic E-state index is 8.84. The van der Waals surface area contributed by atoms with Crippen LogP contribution in [0.1, 0.15) is 22.3 Å². The number of nitrogens with one attached hydrogen (secondary N) is 1. The zero-order valence-electron chi connectivity index (χ0n) is 18.8. The molecule has 0 atom stereocenters. The Morgan fingerprint density at radius 2 is 0.743 bits per heavy atom. The van der Waals surface area contributed by atoms with Crippen LogP contribution in [0.3, 0.4) is 0 Å². The van der Waals surface area contributed by atoms with Gasteiger partial charge in [0.1, 0.15) is 0 Å². The number of hydrogen-bond donors (Lipinski definition) is 1. The third-order valence-corrected chi connectivity index (χ3v) is 5.09. The summed E-state index contributed by atoms with van der Waals surface area (Å²) in [6.45, 7) is 1.46. The molecule has 7 nitrogen and oxygen atoms in total. The molecule has 1 N–H and O–H groups in total. The zero-order valence-corrected chi connectivity index (χ0v) is 18.8. The molecule has 0 unspecified atom stereocenters. The lowest BCUT2D eigenvalue weighted by molar-refractivity contribution is 0.693. The van der Waals surface area contributed by atoms with Gasteiger partial charge < -0.3 is 5.32 Å². The van der Waals surface area contributed by atoms with Gasteiger partial charge in [-0.25, -0.2) is 0 Å². The minimum Gasteiger partial charge on any atom is -0.309 e. The smallest absolute Gasteiger partial charge is 0.0991 e. The van der Waals surface area contributed by atoms with Crippen molar-refractivity contribution in [3.63, 3.8) is 0 Å². The maximum Gasteiger partial charge on any atom is 0.0991 e. The molecule has 0 spiro atoms. The van der Waals surface area contributed by atoms with Crippen molar-refractivity contribution in [1.29, 1.82) is 10.5 Å². The van der Waals surface area contributed by atoms with Crippen LogP contribution in [-0.4, -0.2) is 0 Å². The molecule has 4 aromatic carbocycles. The molecule has 0 saturated heterocycles. The van der Waals surface area contributed by atoms with Crippen molar-refractivity contribution in [2.24, 2.45) is 20.5 Å². The second-order valence-corrected chi connectivity index (χ2v) is 7.65. The lowest BCUT2D eigenvalue weighted by Crippen LogP contribution is -2.12. The van der Waals surface area contributed by atoms with Gasteiger partial charge >= 0.3 is 0 Å². The molecule has 7 heteroatoms. The van der Waals surface area contributed by atoms with E-state index in [9.17, 15) is 0 Å². The zero-order chi connectivity index (χ0) is 24.3. The molecule has 0 aliphatic rings. The van der Waals surface area contributed by atoms with Crippen LogP contribution in [0.2, 0.25) is 0 Å². The monoisotopic (exact) mass is 455 g/mol. The average molecular weight is 456 g/mol. The fourth-order valence-electron chi connectivity index (χ4n) is 3.15. The summed E-state index contributed by atoms with van der Waals surface area (Å²) in [5, 5.41) is 38.0. The predicted octanol–water partition coefficient (Wildman–Crippen LogP) is 7.55. The summed E-state index contributed by atoms with van der Waals surface area (Å²) in [7, 11) is 0. The van der Waals surface area contributed by atoms with Crippen molar-refractivity contribution in [2.45, 2.75) is 13.1 Å². The van der Waals surface area contributed by atoms with Gasteiger partial charge in [-0.05, 0) is 83.9 Å². The van der Waals surface area contributed by atoms with Crippen molar-refractivity contribution in [1.82, 2.24) is 5.32 Å². The molecule has 0 bridgehead atoms. The van der Waals surface area contributed by atoms with E-state index in [0.717, 1.165) is 35.6 Å². The third kappa shape index (κ3) is 7.00. The molecule has 0 saturated carbocycles. The first-order valence-electron chi connectivity index (χ1n) is 10.9. The Kier molecular flexibility index (Phi) is 7.79. The van der Waals surface area contributed by atoms with E-state index in [1.807, 2.05) is 48.5 Å². The Morgan fingerprint density at radius 1 is 0.457 bits per heavy atom. The Hall–Kier alpha value is -4.98. The van der Waals surface area contributed by atoms with E-state index in [0.29, 0.717) is 22.5 Å². The summed E-state index contributed by atoms with van der Waals surface area (Å²) in [6, 6.07) is 33.9. The molecule has 35 heavy (non-hydrogen) atoms. The molecule has 0 amide bonds. The Morgan fingerprint density at radius 3 is 1.03 bits per heavy atom. The van der Waals surface area contributed by atoms with Crippen molar-refractivity contribution < 1.29 is 0 Å². The quantitative estimate of drug-likeness (QED) is 0.277. The molecule has 168 valence electrons. The number of hydrogen-bond acceptors (Lipinski definition) is 7. The van der Waals surface area contributed by atoms with Gasteiger partial charge in [0, 0.05) is 13.1 Å². The van der Waals surface area contributed by atoms with E-state index in [2.05, 4.69) is 37.9 Å². The van der Waals surface area contributed by atoms with Gasteiger partial charge in [0.15, 0.2) is 0 Å². The number of benzene rings is 4. The topological polar surface area (TPSA) is 109 Å². The summed E-state index contributed by atoms with van der Waals surface area (Å²) in [4.78, 5) is 0. The van der Waals surface area contributed by atoms with Crippen LogP contribution in [0, 0.1) is 22.7 Å². The molecule has 0 fully saturated rings. The lowest BCUT2D eigenvalue weighted by atomic mass is 10.2. The number of rotatable bonds is 8. The van der Waals surface area contributed by atoms with Gasteiger partial charge in [0.25, 0.3) is 0 Å². The lowest BCUT2D eigenvalue weighted by Gasteiger charge is -2.06. The molecule has 4 aromatic rings. The Bertz CT molecular complexity index is 1280. The van der Waals surface area contributed by atoms with Crippen LogP contribution < -0.4 is 5.32 Å². The fourth-order valence-corrected chi connectivity index (χ4v) is 3.15. The molecule has 0 heterocycles. The van der Waals surface area contributed by atoms with Crippen LogP contribution in [0.15, 0.2) is 118 Å². The minimum absolute atomic E-state index is 0.599. The molecule has 4 rings (SSSR count). The second-order valence-electron chi connectivity index (χ2n) is 7.65. The molecule has 0 radical (unpaired) electrons. The summed E-state index contributed by atoms with van der Waals surface area (Å²) in [5.41, 5.74) is 6.44. The van der Waals surface area contributed by atoms with Crippen molar-refractivity contribution in [3.05, 3.63) is 119 Å². The number of nitrogens with zero attached hydrogens (tertiary/aromatic N) is 6. The average Bonchev–Trinajstić information content (AvgIpc) is 2.93. The fraction of sp³-hybridized carbons (Fsp3) is 0.0714. The van der Waals surface area contributed by atoms with E-state index in [4.69, 9.17) is 10.5 Å². The standard InChI is InChI=1S/C28H21N7/c29-17-21-1-9-25(10-2-21)32-34-27-13-5-23(6-14-27)19-31-20-24-7-15-28(16-8-24)35-33-26-11-3-22(18-30)4-12-26/h1-16,31H,19-20H2. The minimum atomic E-state index is 0.599. The molecular weight excluding hydrogens is 434 g/mol. The van der Waals surface area contributed by atoms with Gasteiger partial charge in [-0.3, -0.25) is 0 Å². The van der Waals surface area contributed by atoms with Gasteiger partial charge in [0.05, 0.1) is 46.0 Å². The first kappa shape index (κ1) is 23.2. The highest BCUT2D eigenvalue weighted by Crippen LogP contribution is 2.20.